The molecule has 3 aromatic rings. The lowest BCUT2D eigenvalue weighted by atomic mass is 9.88. The molecule has 0 spiro atoms. The Hall–Kier alpha value is -3.39. The van der Waals surface area contributed by atoms with Crippen molar-refractivity contribution in [1.82, 2.24) is 5.32 Å². The zero-order valence-electron chi connectivity index (χ0n) is 18.2. The van der Waals surface area contributed by atoms with Gasteiger partial charge in [-0.2, -0.15) is 0 Å². The molecule has 1 atom stereocenters. The van der Waals surface area contributed by atoms with E-state index in [9.17, 15) is 17.6 Å². The Bertz CT molecular complexity index is 1260. The quantitative estimate of drug-likeness (QED) is 0.535. The molecular weight excluding hydrogens is 443 g/mol. The summed E-state index contributed by atoms with van der Waals surface area (Å²) < 4.78 is 46.4. The Morgan fingerprint density at radius 3 is 2.61 bits per heavy atom. The van der Waals surface area contributed by atoms with Gasteiger partial charge in [-0.1, -0.05) is 24.3 Å². The smallest absolute Gasteiger partial charge is 0.261 e. The van der Waals surface area contributed by atoms with E-state index in [2.05, 4.69) is 16.1 Å². The number of hydrogen-bond acceptors (Lipinski definition) is 4. The molecule has 33 heavy (non-hydrogen) atoms. The fraction of sp³-hybridized carbons (Fsp3) is 0.240. The molecule has 0 unspecified atom stereocenters. The number of rotatable bonds is 7. The van der Waals surface area contributed by atoms with Gasteiger partial charge in [0.1, 0.15) is 11.6 Å². The van der Waals surface area contributed by atoms with E-state index in [4.69, 9.17) is 4.74 Å². The molecule has 1 aliphatic carbocycles. The second-order valence-electron chi connectivity index (χ2n) is 8.04. The summed E-state index contributed by atoms with van der Waals surface area (Å²) in [6.07, 6.45) is 2.92. The molecule has 1 aliphatic rings. The molecule has 0 heterocycles. The molecule has 6 nitrogen and oxygen atoms in total. The number of amides is 1. The molecule has 8 heteroatoms. The minimum atomic E-state index is -3.85. The van der Waals surface area contributed by atoms with Gasteiger partial charge in [0.15, 0.2) is 6.61 Å². The SMILES string of the molecule is Cc1cc(S(=O)(=O)Nc2ccc(F)cc2)ccc1OCC(=O)N[C@H]1CCCc2ccccc21. The highest BCUT2D eigenvalue weighted by molar-refractivity contribution is 7.92. The zero-order valence-corrected chi connectivity index (χ0v) is 19.0. The van der Waals surface area contributed by atoms with Crippen molar-refractivity contribution < 1.29 is 22.3 Å². The number of ether oxygens (including phenoxy) is 1. The Balaban J connectivity index is 1.37. The number of nitrogens with one attached hydrogen (secondary N) is 2. The van der Waals surface area contributed by atoms with Crippen LogP contribution in [0.5, 0.6) is 5.75 Å². The molecule has 0 saturated heterocycles. The topological polar surface area (TPSA) is 84.5 Å². The lowest BCUT2D eigenvalue weighted by Gasteiger charge is -2.26. The summed E-state index contributed by atoms with van der Waals surface area (Å²) in [6.45, 7) is 1.54. The van der Waals surface area contributed by atoms with Crippen molar-refractivity contribution in [3.63, 3.8) is 0 Å². The van der Waals surface area contributed by atoms with Crippen molar-refractivity contribution in [2.45, 2.75) is 37.1 Å². The second-order valence-corrected chi connectivity index (χ2v) is 9.72. The lowest BCUT2D eigenvalue weighted by Crippen LogP contribution is -2.34. The number of hydrogen-bond donors (Lipinski definition) is 2. The average molecular weight is 469 g/mol. The number of sulfonamides is 1. The van der Waals surface area contributed by atoms with E-state index in [0.717, 1.165) is 24.8 Å². The van der Waals surface area contributed by atoms with Crippen LogP contribution in [0.3, 0.4) is 0 Å². The number of halogens is 1. The van der Waals surface area contributed by atoms with E-state index in [1.807, 2.05) is 18.2 Å². The van der Waals surface area contributed by atoms with Gasteiger partial charge >= 0.3 is 0 Å². The highest BCUT2D eigenvalue weighted by atomic mass is 32.2. The number of fused-ring (bicyclic) bond motifs is 1. The first kappa shape index (κ1) is 22.8. The predicted octanol–water partition coefficient (Wildman–Crippen LogP) is 4.51. The van der Waals surface area contributed by atoms with Crippen LogP contribution in [-0.4, -0.2) is 20.9 Å². The first-order valence-electron chi connectivity index (χ1n) is 10.7. The number of benzene rings is 3. The molecule has 0 radical (unpaired) electrons. The number of carbonyl (C=O) groups is 1. The van der Waals surface area contributed by atoms with Crippen molar-refractivity contribution in [1.29, 1.82) is 0 Å². The Kier molecular flexibility index (Phi) is 6.65. The second kappa shape index (κ2) is 9.62. The van der Waals surface area contributed by atoms with Crippen LogP contribution in [-0.2, 0) is 21.2 Å². The summed E-state index contributed by atoms with van der Waals surface area (Å²) >= 11 is 0. The van der Waals surface area contributed by atoms with Gasteiger partial charge in [-0.3, -0.25) is 9.52 Å². The van der Waals surface area contributed by atoms with Crippen LogP contribution in [0, 0.1) is 12.7 Å². The van der Waals surface area contributed by atoms with Crippen LogP contribution < -0.4 is 14.8 Å². The highest BCUT2D eigenvalue weighted by Gasteiger charge is 2.22. The van der Waals surface area contributed by atoms with E-state index in [0.29, 0.717) is 11.3 Å². The van der Waals surface area contributed by atoms with Gasteiger partial charge in [-0.25, -0.2) is 12.8 Å². The van der Waals surface area contributed by atoms with Crippen molar-refractivity contribution in [3.05, 3.63) is 89.2 Å². The van der Waals surface area contributed by atoms with Crippen molar-refractivity contribution in [2.75, 3.05) is 11.3 Å². The van der Waals surface area contributed by atoms with Crippen molar-refractivity contribution in [2.24, 2.45) is 0 Å². The summed E-state index contributed by atoms with van der Waals surface area (Å²) in [4.78, 5) is 12.5. The standard InChI is InChI=1S/C25H25FN2O4S/c1-17-15-21(33(30,31)28-20-11-9-19(26)10-12-20)13-14-24(17)32-16-25(29)27-23-8-4-6-18-5-2-3-7-22(18)23/h2-3,5,7,9-15,23,28H,4,6,8,16H2,1H3,(H,27,29)/t23-/m0/s1. The van der Waals surface area contributed by atoms with Gasteiger partial charge in [-0.05, 0) is 85.3 Å². The van der Waals surface area contributed by atoms with Crippen LogP contribution in [0.2, 0.25) is 0 Å². The molecule has 0 fully saturated rings. The van der Waals surface area contributed by atoms with Crippen molar-refractivity contribution in [3.8, 4) is 5.75 Å². The summed E-state index contributed by atoms with van der Waals surface area (Å²) in [5.74, 6) is -0.257. The lowest BCUT2D eigenvalue weighted by molar-refractivity contribution is -0.124. The van der Waals surface area contributed by atoms with Gasteiger partial charge in [0, 0.05) is 5.69 Å². The molecule has 0 aromatic heterocycles. The average Bonchev–Trinajstić information content (AvgIpc) is 2.80. The highest BCUT2D eigenvalue weighted by Crippen LogP contribution is 2.29. The maximum absolute atomic E-state index is 13.0. The third-order valence-electron chi connectivity index (χ3n) is 5.62. The normalized spacial score (nSPS) is 15.4. The minimum absolute atomic E-state index is 0.0304. The van der Waals surface area contributed by atoms with Crippen LogP contribution >= 0.6 is 0 Å². The molecule has 172 valence electrons. The fourth-order valence-corrected chi connectivity index (χ4v) is 5.11. The maximum atomic E-state index is 13.0. The van der Waals surface area contributed by atoms with Crippen molar-refractivity contribution >= 4 is 21.6 Å². The van der Waals surface area contributed by atoms with E-state index < -0.39 is 15.8 Å². The summed E-state index contributed by atoms with van der Waals surface area (Å²) in [5, 5.41) is 3.04. The molecule has 0 aliphatic heterocycles. The van der Waals surface area contributed by atoms with Crippen LogP contribution in [0.1, 0.15) is 35.6 Å². The van der Waals surface area contributed by atoms with Gasteiger partial charge in [0.05, 0.1) is 10.9 Å². The third-order valence-corrected chi connectivity index (χ3v) is 7.00. The number of aryl methyl sites for hydroxylation is 2. The fourth-order valence-electron chi connectivity index (χ4n) is 3.97. The van der Waals surface area contributed by atoms with E-state index >= 15 is 0 Å². The molecule has 0 saturated carbocycles. The van der Waals surface area contributed by atoms with Crippen LogP contribution in [0.25, 0.3) is 0 Å². The largest absolute Gasteiger partial charge is 0.484 e. The van der Waals surface area contributed by atoms with Crippen LogP contribution in [0.4, 0.5) is 10.1 Å². The van der Waals surface area contributed by atoms with Gasteiger partial charge in [0.2, 0.25) is 0 Å². The molecule has 2 N–H and O–H groups in total. The minimum Gasteiger partial charge on any atom is -0.484 e. The molecule has 1 amide bonds. The monoisotopic (exact) mass is 468 g/mol. The predicted molar refractivity (Wildman–Crippen MR) is 124 cm³/mol. The van der Waals surface area contributed by atoms with E-state index in [1.54, 1.807) is 6.92 Å². The number of anilines is 1. The molecule has 4 rings (SSSR count). The Morgan fingerprint density at radius 2 is 1.85 bits per heavy atom. The summed E-state index contributed by atoms with van der Waals surface area (Å²) in [7, 11) is -3.85. The first-order valence-corrected chi connectivity index (χ1v) is 12.2. The Labute approximate surface area is 192 Å². The zero-order chi connectivity index (χ0) is 23.4. The Morgan fingerprint density at radius 1 is 1.09 bits per heavy atom. The number of carbonyl (C=O) groups excluding carboxylic acids is 1. The van der Waals surface area contributed by atoms with E-state index in [-0.39, 0.29) is 29.1 Å². The molecule has 0 bridgehead atoms. The van der Waals surface area contributed by atoms with Crippen LogP contribution in [0.15, 0.2) is 71.6 Å². The third kappa shape index (κ3) is 5.51. The molecular formula is C25H25FN2O4S. The van der Waals surface area contributed by atoms with Gasteiger partial charge in [-0.15, -0.1) is 0 Å². The summed E-state index contributed by atoms with van der Waals surface area (Å²) in [5.41, 5.74) is 3.25. The van der Waals surface area contributed by atoms with Gasteiger partial charge < -0.3 is 10.1 Å². The first-order chi connectivity index (χ1) is 15.8. The molecule has 3 aromatic carbocycles. The summed E-state index contributed by atoms with van der Waals surface area (Å²) in [6, 6.07) is 17.5. The maximum Gasteiger partial charge on any atom is 0.261 e. The van der Waals surface area contributed by atoms with Gasteiger partial charge in [0.25, 0.3) is 15.9 Å². The van der Waals surface area contributed by atoms with E-state index in [1.165, 1.54) is 48.0 Å².